The standard InChI is InChI=1S/C21H20N.C20H18N.C18H14N.3C11H8N.3Ir/c1-16(2)13-17-11-12-22-21(14-17)20-10-6-9-19(15-20)18-7-4-3-5-8-18;1-15(2)17-11-12-21-20(14-17)19-10-6-9-18(13-19)16-7-4-3-5-8-16;1-14-10-11-19-18(12-14)17-9-5-8-16(13-17)15-6-3-2-4-7-15;3*1-2-6-10(7-3-1)11-8-4-5-9-12-11;;;/h3-9,11-12,14-16H,13H2,1-2H3;3-9,11-15H,1-2H3;2-8,10-13H,1H3;3*1-6,8-9H;;;/q6*-1;;;. The number of hydrogen-bond acceptors (Lipinski definition) is 6. The van der Waals surface area contributed by atoms with Crippen molar-refractivity contribution in [3.63, 3.8) is 0 Å². The molecule has 6 nitrogen and oxygen atoms in total. The summed E-state index contributed by atoms with van der Waals surface area (Å²) in [6.07, 6.45) is 12.1. The fourth-order valence-corrected chi connectivity index (χ4v) is 10.4. The smallest absolute Gasteiger partial charge is 0.0163 e. The summed E-state index contributed by atoms with van der Waals surface area (Å²) in [6, 6.07) is 123. The molecule has 0 aliphatic heterocycles. The maximum Gasteiger partial charge on any atom is 0.0163 e. The second-order valence-electron chi connectivity index (χ2n) is 23.5. The first-order valence-electron chi connectivity index (χ1n) is 32.9. The van der Waals surface area contributed by atoms with Crippen LogP contribution in [0.1, 0.15) is 50.3 Å². The Morgan fingerprint density at radius 2 is 0.584 bits per heavy atom. The van der Waals surface area contributed by atoms with Crippen LogP contribution >= 0.6 is 0 Å². The minimum atomic E-state index is 0. The van der Waals surface area contributed by atoms with E-state index in [1.165, 1.54) is 50.1 Å². The maximum absolute atomic E-state index is 4.52. The second kappa shape index (κ2) is 42.7. The Morgan fingerprint density at radius 3 is 0.921 bits per heavy atom. The number of benzene rings is 9. The average molecular weight is 1840 g/mol. The summed E-state index contributed by atoms with van der Waals surface area (Å²) in [4.78, 5) is 26.1. The first-order valence-corrected chi connectivity index (χ1v) is 32.9. The van der Waals surface area contributed by atoms with Crippen molar-refractivity contribution in [1.29, 1.82) is 0 Å². The van der Waals surface area contributed by atoms with E-state index in [0.717, 1.165) is 74.0 Å². The van der Waals surface area contributed by atoms with Gasteiger partial charge in [-0.1, -0.05) is 190 Å². The van der Waals surface area contributed by atoms with Crippen LogP contribution in [0.5, 0.6) is 0 Å². The minimum absolute atomic E-state index is 0. The van der Waals surface area contributed by atoms with Crippen molar-refractivity contribution < 1.29 is 60.3 Å². The van der Waals surface area contributed by atoms with Gasteiger partial charge in [0.2, 0.25) is 0 Å². The van der Waals surface area contributed by atoms with Gasteiger partial charge in [-0.05, 0) is 112 Å². The Balaban J connectivity index is 0.000000172. The van der Waals surface area contributed by atoms with Crippen LogP contribution in [0.15, 0.2) is 347 Å². The fourth-order valence-electron chi connectivity index (χ4n) is 10.4. The third-order valence-corrected chi connectivity index (χ3v) is 15.3. The average Bonchev–Trinajstić information content (AvgIpc) is 0.873. The zero-order valence-electron chi connectivity index (χ0n) is 57.0. The predicted molar refractivity (Wildman–Crippen MR) is 405 cm³/mol. The topological polar surface area (TPSA) is 77.3 Å². The van der Waals surface area contributed by atoms with E-state index in [2.05, 4.69) is 240 Å². The summed E-state index contributed by atoms with van der Waals surface area (Å²) in [7, 11) is 0. The first kappa shape index (κ1) is 78.2. The second-order valence-corrected chi connectivity index (χ2v) is 23.5. The third kappa shape index (κ3) is 25.2. The molecule has 3 radical (unpaired) electrons. The van der Waals surface area contributed by atoms with Crippen LogP contribution < -0.4 is 0 Å². The molecule has 0 amide bonds. The van der Waals surface area contributed by atoms with E-state index in [0.29, 0.717) is 11.8 Å². The molecule has 0 atom stereocenters. The number of pyridine rings is 6. The molecule has 0 aliphatic carbocycles. The van der Waals surface area contributed by atoms with E-state index in [1.807, 2.05) is 188 Å². The number of aryl methyl sites for hydroxylation is 1. The van der Waals surface area contributed by atoms with Gasteiger partial charge in [0.1, 0.15) is 0 Å². The summed E-state index contributed by atoms with van der Waals surface area (Å²) in [5.74, 6) is 1.15. The van der Waals surface area contributed by atoms with Crippen molar-refractivity contribution in [2.45, 2.75) is 47.0 Å². The van der Waals surface area contributed by atoms with Crippen molar-refractivity contribution >= 4 is 0 Å². The van der Waals surface area contributed by atoms with Gasteiger partial charge in [-0.15, -0.1) is 214 Å². The number of rotatable bonds is 12. The van der Waals surface area contributed by atoms with Crippen LogP contribution in [-0.4, -0.2) is 29.9 Å². The third-order valence-electron chi connectivity index (χ3n) is 15.3. The molecule has 0 N–H and O–H groups in total. The molecule has 0 bridgehead atoms. The molecule has 9 heteroatoms. The summed E-state index contributed by atoms with van der Waals surface area (Å²) in [5, 5.41) is 0. The molecule has 9 aromatic carbocycles. The fraction of sp³-hybridized carbons (Fsp3) is 0.0870. The molecule has 0 saturated carbocycles. The quantitative estimate of drug-likeness (QED) is 0.113. The van der Waals surface area contributed by atoms with Crippen LogP contribution in [0.25, 0.3) is 101 Å². The Labute approximate surface area is 638 Å². The monoisotopic (exact) mass is 1840 g/mol. The van der Waals surface area contributed by atoms with E-state index in [4.69, 9.17) is 0 Å². The number of hydrogen-bond donors (Lipinski definition) is 0. The van der Waals surface area contributed by atoms with Gasteiger partial charge in [0, 0.05) is 97.5 Å². The molecule has 101 heavy (non-hydrogen) atoms. The largest absolute Gasteiger partial charge is 0.305 e. The Morgan fingerprint density at radius 1 is 0.257 bits per heavy atom. The predicted octanol–water partition coefficient (Wildman–Crippen LogP) is 22.9. The first-order chi connectivity index (χ1) is 48.2. The van der Waals surface area contributed by atoms with E-state index in [-0.39, 0.29) is 60.3 Å². The Hall–Kier alpha value is -10.2. The normalized spacial score (nSPS) is 10.0. The van der Waals surface area contributed by atoms with Gasteiger partial charge in [0.05, 0.1) is 0 Å². The minimum Gasteiger partial charge on any atom is -0.305 e. The number of nitrogens with zero attached hydrogens (tertiary/aromatic N) is 6. The van der Waals surface area contributed by atoms with Gasteiger partial charge in [-0.2, -0.15) is 0 Å². The molecule has 0 fully saturated rings. The van der Waals surface area contributed by atoms with E-state index in [1.54, 1.807) is 18.6 Å². The molecule has 0 spiro atoms. The molecule has 15 aromatic rings. The molecule has 0 unspecified atom stereocenters. The van der Waals surface area contributed by atoms with Gasteiger partial charge in [0.25, 0.3) is 0 Å². The molecule has 6 heterocycles. The molecule has 15 rings (SSSR count). The van der Waals surface area contributed by atoms with Crippen molar-refractivity contribution in [3.8, 4) is 101 Å². The molecule has 0 aliphatic rings. The van der Waals surface area contributed by atoms with Crippen LogP contribution in [0.3, 0.4) is 0 Å². The van der Waals surface area contributed by atoms with Crippen molar-refractivity contribution in [2.75, 3.05) is 0 Å². The van der Waals surface area contributed by atoms with Crippen LogP contribution in [0.2, 0.25) is 0 Å². The van der Waals surface area contributed by atoms with E-state index in [9.17, 15) is 0 Å². The molecule has 507 valence electrons. The molecule has 0 saturated heterocycles. The summed E-state index contributed by atoms with van der Waals surface area (Å²) < 4.78 is 0. The Bertz CT molecular complexity index is 4460. The van der Waals surface area contributed by atoms with E-state index >= 15 is 0 Å². The van der Waals surface area contributed by atoms with E-state index < -0.39 is 0 Å². The van der Waals surface area contributed by atoms with Gasteiger partial charge < -0.3 is 29.9 Å². The molecular weight excluding hydrogens is 1770 g/mol. The van der Waals surface area contributed by atoms with Crippen LogP contribution in [-0.2, 0) is 66.7 Å². The summed E-state index contributed by atoms with van der Waals surface area (Å²) in [5.41, 5.74) is 23.2. The van der Waals surface area contributed by atoms with Gasteiger partial charge in [-0.3, -0.25) is 0 Å². The molecular formula is C92H76Ir3N6-6. The van der Waals surface area contributed by atoms with Crippen molar-refractivity contribution in [3.05, 3.63) is 400 Å². The molecule has 6 aromatic heterocycles. The Kier molecular flexibility index (Phi) is 33.1. The zero-order chi connectivity index (χ0) is 67.8. The van der Waals surface area contributed by atoms with Crippen LogP contribution in [0, 0.1) is 49.2 Å². The van der Waals surface area contributed by atoms with Crippen molar-refractivity contribution in [1.82, 2.24) is 29.9 Å². The van der Waals surface area contributed by atoms with Gasteiger partial charge in [0.15, 0.2) is 0 Å². The van der Waals surface area contributed by atoms with Crippen LogP contribution in [0.4, 0.5) is 0 Å². The van der Waals surface area contributed by atoms with Gasteiger partial charge >= 0.3 is 0 Å². The maximum atomic E-state index is 4.52. The zero-order valence-corrected chi connectivity index (χ0v) is 64.1. The SMILES string of the molecule is CC(C)Cc1ccnc(-c2[c-]ccc(-c3ccccc3)c2)c1.CC(C)c1ccnc(-c2[c-]ccc(-c3ccccc3)c2)c1.Cc1ccnc(-c2[c-]ccc(-c3ccccc3)c2)c1.[Ir].[Ir].[Ir].[c-]1ccccc1-c1ccccn1.[c-]1ccccc1-c1ccccn1.[c-]1ccccc1-c1ccccn1. The van der Waals surface area contributed by atoms with Crippen molar-refractivity contribution in [2.24, 2.45) is 5.92 Å². The summed E-state index contributed by atoms with van der Waals surface area (Å²) in [6.45, 7) is 10.9. The number of aromatic nitrogens is 6. The summed E-state index contributed by atoms with van der Waals surface area (Å²) >= 11 is 0. The van der Waals surface area contributed by atoms with Gasteiger partial charge in [-0.25, -0.2) is 0 Å².